The third-order valence-corrected chi connectivity index (χ3v) is 5.75. The number of hydrogen-bond acceptors (Lipinski definition) is 3. The standard InChI is InChI=1S/C20H20N2O2S/c1-13-4-2-7-17(10-13)22-18(23)12-25-20(22)15-5-3-6-16(11-15)21-19(24)14-8-9-14/h2-7,10-11,14,20H,8-9,12H2,1H3,(H,21,24)/t20-/m0/s1. The lowest BCUT2D eigenvalue weighted by Gasteiger charge is -2.25. The third kappa shape index (κ3) is 3.42. The van der Waals surface area contributed by atoms with Crippen molar-refractivity contribution < 1.29 is 9.59 Å². The zero-order valence-corrected chi connectivity index (χ0v) is 14.9. The number of amides is 2. The van der Waals surface area contributed by atoms with Gasteiger partial charge < -0.3 is 5.32 Å². The summed E-state index contributed by atoms with van der Waals surface area (Å²) in [5, 5.41) is 2.93. The van der Waals surface area contributed by atoms with Crippen LogP contribution in [0.2, 0.25) is 0 Å². The number of anilines is 2. The molecule has 4 rings (SSSR count). The maximum atomic E-state index is 12.5. The number of nitrogens with one attached hydrogen (secondary N) is 1. The minimum absolute atomic E-state index is 0.0629. The highest BCUT2D eigenvalue weighted by Gasteiger charge is 2.34. The molecule has 1 atom stereocenters. The highest BCUT2D eigenvalue weighted by Crippen LogP contribution is 2.42. The van der Waals surface area contributed by atoms with E-state index >= 15 is 0 Å². The lowest BCUT2D eigenvalue weighted by atomic mass is 10.1. The molecule has 2 aromatic carbocycles. The third-order valence-electron chi connectivity index (χ3n) is 4.54. The van der Waals surface area contributed by atoms with Gasteiger partial charge in [-0.25, -0.2) is 0 Å². The molecular weight excluding hydrogens is 332 g/mol. The lowest BCUT2D eigenvalue weighted by Crippen LogP contribution is -2.27. The van der Waals surface area contributed by atoms with Crippen molar-refractivity contribution in [3.05, 3.63) is 59.7 Å². The van der Waals surface area contributed by atoms with Gasteiger partial charge in [-0.1, -0.05) is 24.3 Å². The van der Waals surface area contributed by atoms with Crippen molar-refractivity contribution in [2.45, 2.75) is 25.1 Å². The number of nitrogens with zero attached hydrogens (tertiary/aromatic N) is 1. The number of thioether (sulfide) groups is 1. The smallest absolute Gasteiger partial charge is 0.238 e. The highest BCUT2D eigenvalue weighted by molar-refractivity contribution is 8.00. The van der Waals surface area contributed by atoms with Crippen molar-refractivity contribution in [3.63, 3.8) is 0 Å². The molecule has 2 fully saturated rings. The van der Waals surface area contributed by atoms with Gasteiger partial charge in [0.15, 0.2) is 0 Å². The Morgan fingerprint density at radius 2 is 1.96 bits per heavy atom. The molecule has 4 nitrogen and oxygen atoms in total. The average Bonchev–Trinajstić information content (AvgIpc) is 3.38. The summed E-state index contributed by atoms with van der Waals surface area (Å²) >= 11 is 1.62. The first kappa shape index (κ1) is 16.2. The van der Waals surface area contributed by atoms with Crippen molar-refractivity contribution in [2.24, 2.45) is 5.92 Å². The summed E-state index contributed by atoms with van der Waals surface area (Å²) < 4.78 is 0. The second-order valence-electron chi connectivity index (χ2n) is 6.66. The number of aryl methyl sites for hydroxylation is 1. The van der Waals surface area contributed by atoms with Gasteiger partial charge in [-0.05, 0) is 55.2 Å². The zero-order valence-electron chi connectivity index (χ0n) is 14.1. The van der Waals surface area contributed by atoms with Crippen LogP contribution in [0.5, 0.6) is 0 Å². The van der Waals surface area contributed by atoms with Gasteiger partial charge in [-0.15, -0.1) is 11.8 Å². The fraction of sp³-hybridized carbons (Fsp3) is 0.300. The first-order valence-corrected chi connectivity index (χ1v) is 9.58. The predicted octanol–water partition coefficient (Wildman–Crippen LogP) is 4.12. The van der Waals surface area contributed by atoms with Gasteiger partial charge in [-0.2, -0.15) is 0 Å². The van der Waals surface area contributed by atoms with Gasteiger partial charge >= 0.3 is 0 Å². The van der Waals surface area contributed by atoms with Gasteiger partial charge in [0, 0.05) is 17.3 Å². The molecule has 128 valence electrons. The molecule has 0 unspecified atom stereocenters. The van der Waals surface area contributed by atoms with E-state index in [1.54, 1.807) is 11.8 Å². The number of benzene rings is 2. The molecule has 0 spiro atoms. The Balaban J connectivity index is 1.61. The van der Waals surface area contributed by atoms with Crippen LogP contribution in [0.3, 0.4) is 0 Å². The minimum atomic E-state index is -0.0629. The van der Waals surface area contributed by atoms with Crippen molar-refractivity contribution in [1.29, 1.82) is 0 Å². The molecule has 2 aromatic rings. The van der Waals surface area contributed by atoms with E-state index in [2.05, 4.69) is 5.32 Å². The van der Waals surface area contributed by atoms with Crippen LogP contribution in [0.25, 0.3) is 0 Å². The van der Waals surface area contributed by atoms with E-state index in [0.29, 0.717) is 5.75 Å². The van der Waals surface area contributed by atoms with Crippen LogP contribution in [-0.4, -0.2) is 17.6 Å². The van der Waals surface area contributed by atoms with Crippen molar-refractivity contribution in [2.75, 3.05) is 16.0 Å². The molecule has 1 N–H and O–H groups in total. The van der Waals surface area contributed by atoms with Crippen LogP contribution in [0.4, 0.5) is 11.4 Å². The van der Waals surface area contributed by atoms with Gasteiger partial charge in [0.1, 0.15) is 5.37 Å². The van der Waals surface area contributed by atoms with E-state index in [1.807, 2.05) is 60.4 Å². The fourth-order valence-electron chi connectivity index (χ4n) is 3.09. The fourth-order valence-corrected chi connectivity index (χ4v) is 4.25. The summed E-state index contributed by atoms with van der Waals surface area (Å²) in [6.07, 6.45) is 1.97. The van der Waals surface area contributed by atoms with Crippen LogP contribution < -0.4 is 10.2 Å². The SMILES string of the molecule is Cc1cccc(N2C(=O)CS[C@H]2c2cccc(NC(=O)C3CC3)c2)c1. The molecule has 2 aliphatic rings. The second-order valence-corrected chi connectivity index (χ2v) is 7.72. The van der Waals surface area contributed by atoms with E-state index in [0.717, 1.165) is 35.3 Å². The molecule has 0 bridgehead atoms. The molecule has 25 heavy (non-hydrogen) atoms. The number of carbonyl (C=O) groups is 2. The van der Waals surface area contributed by atoms with Gasteiger partial charge in [0.05, 0.1) is 5.75 Å². The normalized spacial score (nSPS) is 20.0. The number of rotatable bonds is 4. The van der Waals surface area contributed by atoms with E-state index in [-0.39, 0.29) is 23.1 Å². The summed E-state index contributed by atoms with van der Waals surface area (Å²) in [7, 11) is 0. The quantitative estimate of drug-likeness (QED) is 0.900. The molecular formula is C20H20N2O2S. The maximum absolute atomic E-state index is 12.5. The van der Waals surface area contributed by atoms with Gasteiger partial charge in [0.25, 0.3) is 0 Å². The second kappa shape index (κ2) is 6.56. The lowest BCUT2D eigenvalue weighted by molar-refractivity contribution is -0.117. The summed E-state index contributed by atoms with van der Waals surface area (Å²) in [6.45, 7) is 2.03. The average molecular weight is 352 g/mol. The van der Waals surface area contributed by atoms with E-state index in [1.165, 1.54) is 0 Å². The molecule has 1 aliphatic carbocycles. The number of hydrogen-bond donors (Lipinski definition) is 1. The van der Waals surface area contributed by atoms with Crippen LogP contribution in [0.1, 0.15) is 29.3 Å². The van der Waals surface area contributed by atoms with Crippen LogP contribution in [-0.2, 0) is 9.59 Å². The van der Waals surface area contributed by atoms with E-state index < -0.39 is 0 Å². The first-order valence-electron chi connectivity index (χ1n) is 8.53. The molecule has 0 radical (unpaired) electrons. The highest BCUT2D eigenvalue weighted by atomic mass is 32.2. The Labute approximate surface area is 151 Å². The maximum Gasteiger partial charge on any atom is 0.238 e. The molecule has 2 amide bonds. The monoisotopic (exact) mass is 352 g/mol. The van der Waals surface area contributed by atoms with Crippen molar-refractivity contribution in [1.82, 2.24) is 0 Å². The van der Waals surface area contributed by atoms with E-state index in [4.69, 9.17) is 0 Å². The molecule has 1 heterocycles. The largest absolute Gasteiger partial charge is 0.326 e. The summed E-state index contributed by atoms with van der Waals surface area (Å²) in [6, 6.07) is 15.9. The first-order chi connectivity index (χ1) is 12.1. The Morgan fingerprint density at radius 3 is 2.72 bits per heavy atom. The Hall–Kier alpha value is -2.27. The minimum Gasteiger partial charge on any atom is -0.326 e. The summed E-state index contributed by atoms with van der Waals surface area (Å²) in [4.78, 5) is 26.3. The summed E-state index contributed by atoms with van der Waals surface area (Å²) in [5.41, 5.74) is 3.89. The van der Waals surface area contributed by atoms with Crippen LogP contribution >= 0.6 is 11.8 Å². The topological polar surface area (TPSA) is 49.4 Å². The van der Waals surface area contributed by atoms with Gasteiger partial charge in [0.2, 0.25) is 11.8 Å². The molecule has 1 aliphatic heterocycles. The Bertz CT molecular complexity index is 832. The van der Waals surface area contributed by atoms with Crippen molar-refractivity contribution in [3.8, 4) is 0 Å². The van der Waals surface area contributed by atoms with Crippen LogP contribution in [0.15, 0.2) is 48.5 Å². The van der Waals surface area contributed by atoms with Crippen molar-refractivity contribution >= 4 is 35.0 Å². The molecule has 1 saturated heterocycles. The molecule has 1 saturated carbocycles. The predicted molar refractivity (Wildman–Crippen MR) is 102 cm³/mol. The zero-order chi connectivity index (χ0) is 17.4. The van der Waals surface area contributed by atoms with Crippen LogP contribution in [0, 0.1) is 12.8 Å². The molecule has 0 aromatic heterocycles. The Kier molecular flexibility index (Phi) is 4.25. The van der Waals surface area contributed by atoms with E-state index in [9.17, 15) is 9.59 Å². The van der Waals surface area contributed by atoms with Gasteiger partial charge in [-0.3, -0.25) is 14.5 Å². The number of carbonyl (C=O) groups excluding carboxylic acids is 2. The Morgan fingerprint density at radius 1 is 1.16 bits per heavy atom. The summed E-state index contributed by atoms with van der Waals surface area (Å²) in [5.74, 6) is 0.864. The molecule has 5 heteroatoms.